The fourth-order valence-electron chi connectivity index (χ4n) is 3.11. The van der Waals surface area contributed by atoms with E-state index < -0.39 is 0 Å². The van der Waals surface area contributed by atoms with Crippen LogP contribution in [-0.4, -0.2) is 18.8 Å². The molecule has 1 unspecified atom stereocenters. The average molecular weight is 283 g/mol. The standard InChI is InChI=1S/C18H21NO2/c1-21-18-5-3-2-4-13(18)10-11-19-17-9-6-14-12-15(20)7-8-16(14)17/h2-5,7-8,12,17,19-20H,6,9-11H2,1H3. The van der Waals surface area contributed by atoms with Crippen LogP contribution in [0.4, 0.5) is 0 Å². The zero-order valence-corrected chi connectivity index (χ0v) is 12.3. The highest BCUT2D eigenvalue weighted by Crippen LogP contribution is 2.33. The number of benzene rings is 2. The van der Waals surface area contributed by atoms with Gasteiger partial charge in [-0.05, 0) is 60.7 Å². The van der Waals surface area contributed by atoms with Gasteiger partial charge in [-0.2, -0.15) is 0 Å². The van der Waals surface area contributed by atoms with E-state index in [1.807, 2.05) is 30.3 Å². The lowest BCUT2D eigenvalue weighted by atomic mass is 10.1. The van der Waals surface area contributed by atoms with Gasteiger partial charge in [0.15, 0.2) is 0 Å². The highest BCUT2D eigenvalue weighted by atomic mass is 16.5. The van der Waals surface area contributed by atoms with E-state index in [1.54, 1.807) is 13.2 Å². The number of fused-ring (bicyclic) bond motifs is 1. The van der Waals surface area contributed by atoms with Crippen LogP contribution in [0.2, 0.25) is 0 Å². The molecule has 110 valence electrons. The van der Waals surface area contributed by atoms with Crippen LogP contribution in [0.15, 0.2) is 42.5 Å². The molecule has 0 aliphatic heterocycles. The summed E-state index contributed by atoms with van der Waals surface area (Å²) in [5.74, 6) is 1.32. The number of phenols is 1. The average Bonchev–Trinajstić information content (AvgIpc) is 2.90. The number of ether oxygens (including phenoxy) is 1. The van der Waals surface area contributed by atoms with E-state index >= 15 is 0 Å². The lowest BCUT2D eigenvalue weighted by molar-refractivity contribution is 0.408. The second-order valence-corrected chi connectivity index (χ2v) is 5.49. The summed E-state index contributed by atoms with van der Waals surface area (Å²) in [7, 11) is 1.71. The summed E-state index contributed by atoms with van der Waals surface area (Å²) in [6.07, 6.45) is 3.09. The molecular weight excluding hydrogens is 262 g/mol. The van der Waals surface area contributed by atoms with Crippen LogP contribution in [0.1, 0.15) is 29.2 Å². The van der Waals surface area contributed by atoms with Crippen molar-refractivity contribution in [3.63, 3.8) is 0 Å². The Morgan fingerprint density at radius 2 is 2.10 bits per heavy atom. The maximum absolute atomic E-state index is 9.53. The molecular formula is C18H21NO2. The van der Waals surface area contributed by atoms with Gasteiger partial charge in [0.1, 0.15) is 11.5 Å². The van der Waals surface area contributed by atoms with Crippen LogP contribution in [0.5, 0.6) is 11.5 Å². The Hall–Kier alpha value is -2.00. The summed E-state index contributed by atoms with van der Waals surface area (Å²) in [5.41, 5.74) is 3.83. The minimum Gasteiger partial charge on any atom is -0.508 e. The number of hydrogen-bond acceptors (Lipinski definition) is 3. The number of nitrogens with one attached hydrogen (secondary N) is 1. The molecule has 0 aromatic heterocycles. The molecule has 0 bridgehead atoms. The van der Waals surface area contributed by atoms with Crippen molar-refractivity contribution < 1.29 is 9.84 Å². The van der Waals surface area contributed by atoms with Gasteiger partial charge in [0, 0.05) is 6.04 Å². The summed E-state index contributed by atoms with van der Waals surface area (Å²) in [4.78, 5) is 0. The summed E-state index contributed by atoms with van der Waals surface area (Å²) >= 11 is 0. The predicted octanol–water partition coefficient (Wildman–Crippen LogP) is 3.22. The largest absolute Gasteiger partial charge is 0.508 e. The highest BCUT2D eigenvalue weighted by Gasteiger charge is 2.21. The van der Waals surface area contributed by atoms with Crippen molar-refractivity contribution in [1.29, 1.82) is 0 Å². The van der Waals surface area contributed by atoms with Crippen molar-refractivity contribution in [1.82, 2.24) is 5.32 Å². The summed E-state index contributed by atoms with van der Waals surface area (Å²) in [5, 5.41) is 13.2. The molecule has 0 saturated carbocycles. The number of hydrogen-bond donors (Lipinski definition) is 2. The van der Waals surface area contributed by atoms with Gasteiger partial charge in [-0.1, -0.05) is 24.3 Å². The Kier molecular flexibility index (Phi) is 4.11. The van der Waals surface area contributed by atoms with Crippen LogP contribution < -0.4 is 10.1 Å². The molecule has 0 spiro atoms. The molecule has 1 atom stereocenters. The topological polar surface area (TPSA) is 41.5 Å². The first-order chi connectivity index (χ1) is 10.3. The molecule has 2 N–H and O–H groups in total. The molecule has 0 radical (unpaired) electrons. The minimum absolute atomic E-state index is 0.364. The second kappa shape index (κ2) is 6.19. The van der Waals surface area contributed by atoms with E-state index in [4.69, 9.17) is 4.74 Å². The van der Waals surface area contributed by atoms with Gasteiger partial charge in [0.25, 0.3) is 0 Å². The zero-order valence-electron chi connectivity index (χ0n) is 12.3. The van der Waals surface area contributed by atoms with Crippen LogP contribution in [0, 0.1) is 0 Å². The molecule has 0 saturated heterocycles. The molecule has 21 heavy (non-hydrogen) atoms. The highest BCUT2D eigenvalue weighted by molar-refractivity contribution is 5.40. The number of rotatable bonds is 5. The summed E-state index contributed by atoms with van der Waals surface area (Å²) in [6.45, 7) is 0.922. The Bertz CT molecular complexity index is 624. The summed E-state index contributed by atoms with van der Waals surface area (Å²) in [6, 6.07) is 14.3. The number of aryl methyl sites for hydroxylation is 1. The third kappa shape index (κ3) is 3.03. The predicted molar refractivity (Wildman–Crippen MR) is 83.9 cm³/mol. The Morgan fingerprint density at radius 1 is 1.24 bits per heavy atom. The van der Waals surface area contributed by atoms with E-state index in [1.165, 1.54) is 16.7 Å². The molecule has 0 fully saturated rings. The maximum atomic E-state index is 9.53. The van der Waals surface area contributed by atoms with Gasteiger partial charge in [0.2, 0.25) is 0 Å². The lowest BCUT2D eigenvalue weighted by Crippen LogP contribution is -2.22. The normalized spacial score (nSPS) is 16.7. The third-order valence-electron chi connectivity index (χ3n) is 4.18. The molecule has 3 heteroatoms. The SMILES string of the molecule is COc1ccccc1CCNC1CCc2cc(O)ccc21. The first-order valence-corrected chi connectivity index (χ1v) is 7.45. The van der Waals surface area contributed by atoms with Crippen LogP contribution in [0.25, 0.3) is 0 Å². The quantitative estimate of drug-likeness (QED) is 0.885. The van der Waals surface area contributed by atoms with E-state index in [0.29, 0.717) is 11.8 Å². The maximum Gasteiger partial charge on any atom is 0.122 e. The van der Waals surface area contributed by atoms with Crippen molar-refractivity contribution in [2.24, 2.45) is 0 Å². The van der Waals surface area contributed by atoms with Crippen LogP contribution in [0.3, 0.4) is 0 Å². The second-order valence-electron chi connectivity index (χ2n) is 5.49. The van der Waals surface area contributed by atoms with Gasteiger partial charge in [-0.3, -0.25) is 0 Å². The molecule has 3 nitrogen and oxygen atoms in total. The van der Waals surface area contributed by atoms with Gasteiger partial charge in [-0.15, -0.1) is 0 Å². The summed E-state index contributed by atoms with van der Waals surface area (Å²) < 4.78 is 5.38. The monoisotopic (exact) mass is 283 g/mol. The number of para-hydroxylation sites is 1. The van der Waals surface area contributed by atoms with Crippen molar-refractivity contribution in [3.05, 3.63) is 59.2 Å². The minimum atomic E-state index is 0.364. The van der Waals surface area contributed by atoms with Crippen molar-refractivity contribution >= 4 is 0 Å². The number of methoxy groups -OCH3 is 1. The van der Waals surface area contributed by atoms with E-state index in [-0.39, 0.29) is 0 Å². The van der Waals surface area contributed by atoms with Gasteiger partial charge in [0.05, 0.1) is 7.11 Å². The van der Waals surface area contributed by atoms with Crippen LogP contribution in [-0.2, 0) is 12.8 Å². The first-order valence-electron chi connectivity index (χ1n) is 7.45. The number of phenolic OH excluding ortho intramolecular Hbond substituents is 1. The van der Waals surface area contributed by atoms with E-state index in [0.717, 1.165) is 31.6 Å². The molecule has 1 aliphatic rings. The Balaban J connectivity index is 1.60. The molecule has 3 rings (SSSR count). The Labute approximate surface area is 125 Å². The Morgan fingerprint density at radius 3 is 2.95 bits per heavy atom. The smallest absolute Gasteiger partial charge is 0.122 e. The first kappa shape index (κ1) is 14.0. The van der Waals surface area contributed by atoms with Crippen molar-refractivity contribution in [2.45, 2.75) is 25.3 Å². The van der Waals surface area contributed by atoms with Crippen molar-refractivity contribution in [2.75, 3.05) is 13.7 Å². The zero-order chi connectivity index (χ0) is 14.7. The van der Waals surface area contributed by atoms with Gasteiger partial charge in [-0.25, -0.2) is 0 Å². The molecule has 1 aliphatic carbocycles. The fourth-order valence-corrected chi connectivity index (χ4v) is 3.11. The van der Waals surface area contributed by atoms with E-state index in [9.17, 15) is 5.11 Å². The third-order valence-corrected chi connectivity index (χ3v) is 4.18. The van der Waals surface area contributed by atoms with Crippen molar-refractivity contribution in [3.8, 4) is 11.5 Å². The van der Waals surface area contributed by atoms with Gasteiger partial charge >= 0.3 is 0 Å². The molecule has 2 aromatic carbocycles. The fraction of sp³-hybridized carbons (Fsp3) is 0.333. The van der Waals surface area contributed by atoms with Gasteiger partial charge < -0.3 is 15.2 Å². The number of aromatic hydroxyl groups is 1. The lowest BCUT2D eigenvalue weighted by Gasteiger charge is -2.15. The van der Waals surface area contributed by atoms with Crippen LogP contribution >= 0.6 is 0 Å². The molecule has 2 aromatic rings. The molecule has 0 amide bonds. The van der Waals surface area contributed by atoms with E-state index in [2.05, 4.69) is 11.4 Å². The molecule has 0 heterocycles.